The van der Waals surface area contributed by atoms with E-state index in [9.17, 15) is 9.90 Å². The molecule has 0 unspecified atom stereocenters. The van der Waals surface area contributed by atoms with E-state index in [-0.39, 0.29) is 17.6 Å². The van der Waals surface area contributed by atoms with Gasteiger partial charge in [0.1, 0.15) is 0 Å². The molecule has 0 radical (unpaired) electrons. The van der Waals surface area contributed by atoms with Crippen molar-refractivity contribution >= 4 is 23.3 Å². The molecule has 178 valence electrons. The number of thiocarbonyl (C=S) groups is 1. The SMILES string of the molecule is Cc1ccc(C(=O)O)cc1-n1c(C)cc([C@@H]2[C@H](c3ccccn3)NC(=S)N2CCN(C)C)c1C. The Balaban J connectivity index is 1.84. The number of carbonyl (C=O) groups is 1. The summed E-state index contributed by atoms with van der Waals surface area (Å²) < 4.78 is 2.15. The summed E-state index contributed by atoms with van der Waals surface area (Å²) in [6, 6.07) is 13.3. The highest BCUT2D eigenvalue weighted by Gasteiger charge is 2.41. The van der Waals surface area contributed by atoms with Crippen molar-refractivity contribution in [3.05, 3.63) is 82.4 Å². The fourth-order valence-electron chi connectivity index (χ4n) is 4.73. The van der Waals surface area contributed by atoms with E-state index in [1.165, 1.54) is 0 Å². The van der Waals surface area contributed by atoms with Gasteiger partial charge in [-0.15, -0.1) is 0 Å². The number of hydrogen-bond acceptors (Lipinski definition) is 4. The van der Waals surface area contributed by atoms with Gasteiger partial charge in [-0.1, -0.05) is 12.1 Å². The molecule has 4 rings (SSSR count). The summed E-state index contributed by atoms with van der Waals surface area (Å²) in [7, 11) is 4.11. The number of aromatic carboxylic acids is 1. The Morgan fingerprint density at radius 3 is 2.59 bits per heavy atom. The zero-order chi connectivity index (χ0) is 24.6. The van der Waals surface area contributed by atoms with Crippen LogP contribution in [0, 0.1) is 20.8 Å². The molecule has 3 heterocycles. The quantitative estimate of drug-likeness (QED) is 0.498. The molecular weight excluding hydrogens is 446 g/mol. The molecule has 2 aromatic heterocycles. The Bertz CT molecular complexity index is 1220. The molecule has 0 saturated carbocycles. The maximum Gasteiger partial charge on any atom is 0.335 e. The zero-order valence-electron chi connectivity index (χ0n) is 20.2. The molecule has 7 nitrogen and oxygen atoms in total. The number of pyridine rings is 1. The molecule has 2 atom stereocenters. The second kappa shape index (κ2) is 9.56. The lowest BCUT2D eigenvalue weighted by molar-refractivity contribution is 0.0697. The lowest BCUT2D eigenvalue weighted by Gasteiger charge is -2.29. The second-order valence-corrected chi connectivity index (χ2v) is 9.48. The van der Waals surface area contributed by atoms with Crippen molar-refractivity contribution in [1.82, 2.24) is 24.7 Å². The zero-order valence-corrected chi connectivity index (χ0v) is 21.1. The molecule has 34 heavy (non-hydrogen) atoms. The fraction of sp³-hybridized carbons (Fsp3) is 0.346. The lowest BCUT2D eigenvalue weighted by atomic mass is 9.96. The molecule has 1 aromatic carbocycles. The summed E-state index contributed by atoms with van der Waals surface area (Å²) >= 11 is 5.79. The van der Waals surface area contributed by atoms with Crippen LogP contribution >= 0.6 is 12.2 Å². The minimum absolute atomic E-state index is 0.0368. The summed E-state index contributed by atoms with van der Waals surface area (Å²) in [5, 5.41) is 13.8. The topological polar surface area (TPSA) is 73.6 Å². The first-order chi connectivity index (χ1) is 16.2. The smallest absolute Gasteiger partial charge is 0.335 e. The van der Waals surface area contributed by atoms with E-state index in [2.05, 4.69) is 58.7 Å². The van der Waals surface area contributed by atoms with Crippen LogP contribution in [0.5, 0.6) is 0 Å². The van der Waals surface area contributed by atoms with E-state index in [1.807, 2.05) is 37.4 Å². The van der Waals surface area contributed by atoms with Crippen LogP contribution in [0.3, 0.4) is 0 Å². The van der Waals surface area contributed by atoms with Gasteiger partial charge >= 0.3 is 5.97 Å². The Morgan fingerprint density at radius 1 is 1.18 bits per heavy atom. The highest BCUT2D eigenvalue weighted by atomic mass is 32.1. The van der Waals surface area contributed by atoms with Crippen LogP contribution in [0.25, 0.3) is 5.69 Å². The standard InChI is InChI=1S/C26H31N5O2S/c1-16-9-10-19(25(32)33)15-22(16)31-17(2)14-20(18(31)3)24-23(21-8-6-7-11-27-21)28-26(34)30(24)13-12-29(4)5/h6-11,14-15,23-24H,12-13H2,1-5H3,(H,28,34)(H,32,33)/t23-,24+/m0/s1. The molecule has 0 amide bonds. The van der Waals surface area contributed by atoms with Gasteiger partial charge in [0, 0.05) is 36.4 Å². The van der Waals surface area contributed by atoms with Crippen LogP contribution in [-0.4, -0.2) is 62.7 Å². The summed E-state index contributed by atoms with van der Waals surface area (Å²) in [5.41, 5.74) is 6.37. The third kappa shape index (κ3) is 4.43. The number of aryl methyl sites for hydroxylation is 2. The van der Waals surface area contributed by atoms with Crippen molar-refractivity contribution in [2.75, 3.05) is 27.2 Å². The highest BCUT2D eigenvalue weighted by Crippen LogP contribution is 2.41. The van der Waals surface area contributed by atoms with Crippen LogP contribution < -0.4 is 5.32 Å². The van der Waals surface area contributed by atoms with E-state index >= 15 is 0 Å². The largest absolute Gasteiger partial charge is 0.478 e. The molecule has 0 spiro atoms. The lowest BCUT2D eigenvalue weighted by Crippen LogP contribution is -2.35. The van der Waals surface area contributed by atoms with Crippen molar-refractivity contribution in [2.24, 2.45) is 0 Å². The van der Waals surface area contributed by atoms with Crippen LogP contribution in [0.2, 0.25) is 0 Å². The van der Waals surface area contributed by atoms with E-state index in [1.54, 1.807) is 12.1 Å². The van der Waals surface area contributed by atoms with E-state index in [0.717, 1.165) is 52.1 Å². The van der Waals surface area contributed by atoms with Gasteiger partial charge in [-0.2, -0.15) is 0 Å². The Labute approximate surface area is 206 Å². The van der Waals surface area contributed by atoms with Crippen molar-refractivity contribution in [2.45, 2.75) is 32.9 Å². The molecule has 2 N–H and O–H groups in total. The number of benzene rings is 1. The molecule has 1 fully saturated rings. The molecular formula is C26H31N5O2S. The summed E-state index contributed by atoms with van der Waals surface area (Å²) in [5.74, 6) is -0.931. The predicted molar refractivity (Wildman–Crippen MR) is 138 cm³/mol. The number of hydrogen-bond donors (Lipinski definition) is 2. The van der Waals surface area contributed by atoms with Crippen molar-refractivity contribution in [3.8, 4) is 5.69 Å². The first-order valence-corrected chi connectivity index (χ1v) is 11.8. The van der Waals surface area contributed by atoms with Crippen LogP contribution in [-0.2, 0) is 0 Å². The first kappa shape index (κ1) is 23.9. The highest BCUT2D eigenvalue weighted by molar-refractivity contribution is 7.80. The molecule has 1 saturated heterocycles. The Hall–Kier alpha value is -3.23. The maximum atomic E-state index is 11.6. The average molecular weight is 478 g/mol. The fourth-order valence-corrected chi connectivity index (χ4v) is 5.07. The molecule has 1 aliphatic rings. The number of aromatic nitrogens is 2. The average Bonchev–Trinajstić information content (AvgIpc) is 3.28. The van der Waals surface area contributed by atoms with Crippen molar-refractivity contribution in [3.63, 3.8) is 0 Å². The third-order valence-electron chi connectivity index (χ3n) is 6.47. The van der Waals surface area contributed by atoms with Gasteiger partial charge in [-0.25, -0.2) is 4.79 Å². The van der Waals surface area contributed by atoms with Crippen LogP contribution in [0.1, 0.15) is 50.7 Å². The van der Waals surface area contributed by atoms with Gasteiger partial charge in [-0.3, -0.25) is 4.98 Å². The Kier molecular flexibility index (Phi) is 6.72. The number of nitrogens with zero attached hydrogens (tertiary/aromatic N) is 4. The van der Waals surface area contributed by atoms with Gasteiger partial charge in [0.2, 0.25) is 0 Å². The van der Waals surface area contributed by atoms with Gasteiger partial charge in [0.15, 0.2) is 5.11 Å². The Morgan fingerprint density at radius 2 is 1.94 bits per heavy atom. The van der Waals surface area contributed by atoms with Gasteiger partial charge in [0.05, 0.1) is 23.3 Å². The summed E-state index contributed by atoms with van der Waals surface area (Å²) in [6.45, 7) is 7.81. The molecule has 0 aliphatic carbocycles. The van der Waals surface area contributed by atoms with E-state index in [4.69, 9.17) is 12.2 Å². The van der Waals surface area contributed by atoms with E-state index in [0.29, 0.717) is 0 Å². The molecule has 0 bridgehead atoms. The first-order valence-electron chi connectivity index (χ1n) is 11.3. The van der Waals surface area contributed by atoms with Crippen molar-refractivity contribution in [1.29, 1.82) is 0 Å². The molecule has 8 heteroatoms. The van der Waals surface area contributed by atoms with Crippen LogP contribution in [0.4, 0.5) is 0 Å². The molecule has 3 aromatic rings. The third-order valence-corrected chi connectivity index (χ3v) is 6.82. The predicted octanol–water partition coefficient (Wildman–Crippen LogP) is 4.03. The number of rotatable bonds is 7. The minimum Gasteiger partial charge on any atom is -0.478 e. The summed E-state index contributed by atoms with van der Waals surface area (Å²) in [4.78, 5) is 20.7. The minimum atomic E-state index is -0.931. The number of carboxylic acid groups (broad SMARTS) is 1. The number of likely N-dealkylation sites (N-methyl/N-ethyl adjacent to an activating group) is 1. The second-order valence-electron chi connectivity index (χ2n) is 9.09. The van der Waals surface area contributed by atoms with E-state index < -0.39 is 5.97 Å². The normalized spacial score (nSPS) is 17.9. The van der Waals surface area contributed by atoms with Gasteiger partial charge in [-0.05, 0) is 88.5 Å². The van der Waals surface area contributed by atoms with Gasteiger partial charge in [0.25, 0.3) is 0 Å². The monoisotopic (exact) mass is 477 g/mol. The van der Waals surface area contributed by atoms with Crippen molar-refractivity contribution < 1.29 is 9.90 Å². The summed E-state index contributed by atoms with van der Waals surface area (Å²) in [6.07, 6.45) is 1.81. The number of nitrogens with one attached hydrogen (secondary N) is 1. The van der Waals surface area contributed by atoms with Gasteiger partial charge < -0.3 is 24.8 Å². The van der Waals surface area contributed by atoms with Crippen LogP contribution in [0.15, 0.2) is 48.7 Å². The number of carboxylic acids is 1. The molecule has 1 aliphatic heterocycles. The maximum absolute atomic E-state index is 11.6.